The monoisotopic (exact) mass is 889 g/mol. The van der Waals surface area contributed by atoms with E-state index in [2.05, 4.69) is 0 Å². The molecule has 0 radical (unpaired) electrons. The molecule has 314 valence electrons. The number of ether oxygens (including phenoxy) is 2. The van der Waals surface area contributed by atoms with Gasteiger partial charge in [-0.1, -0.05) is 60.7 Å². The molecular weight excluding hydrogens is 852 g/mol. The summed E-state index contributed by atoms with van der Waals surface area (Å²) in [6, 6.07) is 36.1. The van der Waals surface area contributed by atoms with Crippen molar-refractivity contribution in [3.63, 3.8) is 0 Å². The van der Waals surface area contributed by atoms with Gasteiger partial charge in [0.25, 0.3) is 5.69 Å². The Balaban J connectivity index is 0.000000257. The summed E-state index contributed by atoms with van der Waals surface area (Å²) in [5.41, 5.74) is 11.5. The van der Waals surface area contributed by atoms with Gasteiger partial charge in [-0.15, -0.1) is 12.4 Å². The van der Waals surface area contributed by atoms with Gasteiger partial charge in [-0.05, 0) is 85.6 Å². The zero-order chi connectivity index (χ0) is 40.9. The van der Waals surface area contributed by atoms with Crippen LogP contribution in [0.15, 0.2) is 142 Å². The summed E-state index contributed by atoms with van der Waals surface area (Å²) in [6.45, 7) is 3.80. The number of nitro groups is 1. The van der Waals surface area contributed by atoms with Crippen molar-refractivity contribution < 1.29 is 58.7 Å². The van der Waals surface area contributed by atoms with Gasteiger partial charge in [0.15, 0.2) is 0 Å². The van der Waals surface area contributed by atoms with Crippen LogP contribution < -0.4 is 11.9 Å². The molecule has 61 heavy (non-hydrogen) atoms. The molecule has 0 fully saturated rings. The van der Waals surface area contributed by atoms with E-state index >= 15 is 0 Å². The summed E-state index contributed by atoms with van der Waals surface area (Å²) < 4.78 is 49.0. The van der Waals surface area contributed by atoms with Gasteiger partial charge in [-0.2, -0.15) is 0 Å². The van der Waals surface area contributed by atoms with Crippen LogP contribution in [0.5, 0.6) is 0 Å². The smallest absolute Gasteiger partial charge is 0.342 e. The van der Waals surface area contributed by atoms with Crippen LogP contribution in [0.1, 0.15) is 34.6 Å². The number of halogens is 3. The van der Waals surface area contributed by atoms with E-state index in [9.17, 15) is 28.5 Å². The quantitative estimate of drug-likeness (QED) is 0.0465. The molecule has 0 amide bonds. The fraction of sp³-hybridized carbons (Fsp3) is 0.0870. The number of fused-ring (bicyclic) bond motifs is 2. The molecule has 2 aromatic heterocycles. The van der Waals surface area contributed by atoms with Gasteiger partial charge in [0.1, 0.15) is 45.4 Å². The maximum absolute atomic E-state index is 13.4. The molecule has 11 nitrogen and oxygen atoms in total. The average molecular weight is 890 g/mol. The van der Waals surface area contributed by atoms with Crippen LogP contribution in [0, 0.1) is 21.7 Å². The van der Waals surface area contributed by atoms with Crippen molar-refractivity contribution in [3.05, 3.63) is 166 Å². The van der Waals surface area contributed by atoms with Crippen molar-refractivity contribution in [2.75, 3.05) is 18.9 Å². The second kappa shape index (κ2) is 20.4. The number of nitrogens with zero attached hydrogens (tertiary/aromatic N) is 1. The van der Waals surface area contributed by atoms with Gasteiger partial charge in [-0.3, -0.25) is 10.1 Å². The Morgan fingerprint density at radius 3 is 1.43 bits per heavy atom. The van der Waals surface area contributed by atoms with E-state index in [1.54, 1.807) is 62.4 Å². The third-order valence-corrected chi connectivity index (χ3v) is 9.20. The third kappa shape index (κ3) is 9.80. The zero-order valence-electron chi connectivity index (χ0n) is 32.6. The number of benzene rings is 6. The van der Waals surface area contributed by atoms with Crippen LogP contribution in [0.3, 0.4) is 0 Å². The number of nitrogens with two attached hydrogens (primary N) is 1. The van der Waals surface area contributed by atoms with Gasteiger partial charge < -0.3 is 30.2 Å². The normalized spacial score (nSPS) is 10.4. The molecule has 5 N–H and O–H groups in total. The van der Waals surface area contributed by atoms with Crippen LogP contribution in [0.25, 0.3) is 66.8 Å². The molecular formula is C46H38ClF2FeN3O8. The fourth-order valence-corrected chi connectivity index (χ4v) is 6.58. The molecule has 0 unspecified atom stereocenters. The average Bonchev–Trinajstić information content (AvgIpc) is 3.80. The summed E-state index contributed by atoms with van der Waals surface area (Å²) in [4.78, 5) is 36.7. The topological polar surface area (TPSA) is 183 Å². The molecule has 8 aromatic rings. The van der Waals surface area contributed by atoms with E-state index < -0.39 is 22.7 Å². The van der Waals surface area contributed by atoms with Crippen LogP contribution in [0.4, 0.5) is 20.2 Å². The standard InChI is InChI=1S/C23H16FNO5.C23H18FNO3.ClH.Fe.H3N/c1-2-29-23(26)21-18-12-17(14-6-4-3-5-7-14)19(25(27)28)13-20(18)30-22(21)15-8-10-16(24)11-9-15;1-2-27-23(26)21-18-12-17(14-6-4-3-5-7-14)19(25)13-20(18)28-22(21)15-8-10-16(24)11-9-15;;;/h3-13H,2H2,1H3;3-13H,2,25H2,1H3;1H;;1H3. The Morgan fingerprint density at radius 1 is 0.623 bits per heavy atom. The molecule has 0 bridgehead atoms. The first kappa shape index (κ1) is 46.9. The number of esters is 2. The van der Waals surface area contributed by atoms with Gasteiger partial charge in [0.05, 0.1) is 29.8 Å². The van der Waals surface area contributed by atoms with Crippen LogP contribution in [-0.2, 0) is 26.5 Å². The first-order valence-corrected chi connectivity index (χ1v) is 18.2. The Bertz CT molecular complexity index is 2800. The molecule has 0 saturated carbocycles. The summed E-state index contributed by atoms with van der Waals surface area (Å²) >= 11 is 0. The number of rotatable bonds is 9. The Kier molecular flexibility index (Phi) is 15.7. The van der Waals surface area contributed by atoms with Gasteiger partial charge >= 0.3 is 11.9 Å². The van der Waals surface area contributed by atoms with E-state index in [-0.39, 0.29) is 77.3 Å². The molecule has 0 aliphatic rings. The second-order valence-electron chi connectivity index (χ2n) is 12.9. The molecule has 0 saturated heterocycles. The molecule has 0 spiro atoms. The van der Waals surface area contributed by atoms with Crippen molar-refractivity contribution in [2.45, 2.75) is 13.8 Å². The largest absolute Gasteiger partial charge is 0.462 e. The van der Waals surface area contributed by atoms with E-state index in [1.807, 2.05) is 42.5 Å². The molecule has 6 aromatic carbocycles. The fourth-order valence-electron chi connectivity index (χ4n) is 6.58. The van der Waals surface area contributed by atoms with Crippen molar-refractivity contribution in [2.24, 2.45) is 0 Å². The third-order valence-electron chi connectivity index (χ3n) is 9.20. The predicted molar refractivity (Wildman–Crippen MR) is 229 cm³/mol. The summed E-state index contributed by atoms with van der Waals surface area (Å²) in [6.07, 6.45) is 0. The molecule has 0 aliphatic heterocycles. The number of hydrogen-bond donors (Lipinski definition) is 2. The first-order chi connectivity index (χ1) is 28.1. The maximum atomic E-state index is 13.4. The summed E-state index contributed by atoms with van der Waals surface area (Å²) in [7, 11) is 0. The van der Waals surface area contributed by atoms with E-state index in [0.29, 0.717) is 55.6 Å². The minimum atomic E-state index is -0.622. The number of furan rings is 2. The van der Waals surface area contributed by atoms with Crippen LogP contribution in [0.2, 0.25) is 0 Å². The van der Waals surface area contributed by atoms with Gasteiger partial charge in [-0.25, -0.2) is 18.4 Å². The number of nitro benzene ring substituents is 1. The predicted octanol–water partition coefficient (Wildman–Crippen LogP) is 12.2. The number of carbonyl (C=O) groups excluding carboxylic acids is 2. The van der Waals surface area contributed by atoms with Crippen molar-refractivity contribution in [1.29, 1.82) is 0 Å². The second-order valence-corrected chi connectivity index (χ2v) is 12.9. The molecule has 8 rings (SSSR count). The van der Waals surface area contributed by atoms with Crippen molar-refractivity contribution in [3.8, 4) is 44.9 Å². The maximum Gasteiger partial charge on any atom is 0.342 e. The number of anilines is 1. The van der Waals surface area contributed by atoms with Gasteiger partial charge in [0, 0.05) is 56.3 Å². The summed E-state index contributed by atoms with van der Waals surface area (Å²) in [5.74, 6) is -1.42. The van der Waals surface area contributed by atoms with Gasteiger partial charge in [0.2, 0.25) is 0 Å². The van der Waals surface area contributed by atoms with Crippen LogP contribution in [-0.4, -0.2) is 30.1 Å². The van der Waals surface area contributed by atoms with Crippen LogP contribution >= 0.6 is 12.4 Å². The summed E-state index contributed by atoms with van der Waals surface area (Å²) in [5, 5.41) is 12.7. The zero-order valence-corrected chi connectivity index (χ0v) is 34.6. The number of carbonyl (C=O) groups is 2. The Morgan fingerprint density at radius 2 is 1.02 bits per heavy atom. The Labute approximate surface area is 365 Å². The van der Waals surface area contributed by atoms with E-state index in [4.69, 9.17) is 24.0 Å². The van der Waals surface area contributed by atoms with E-state index in [0.717, 1.165) is 11.1 Å². The minimum absolute atomic E-state index is 0. The first-order valence-electron chi connectivity index (χ1n) is 18.2. The molecule has 2 heterocycles. The Hall–Kier alpha value is -6.83. The number of nitrogen functional groups attached to an aromatic ring is 1. The van der Waals surface area contributed by atoms with Crippen molar-refractivity contribution in [1.82, 2.24) is 6.15 Å². The van der Waals surface area contributed by atoms with E-state index in [1.165, 1.54) is 42.5 Å². The minimum Gasteiger partial charge on any atom is -0.462 e. The van der Waals surface area contributed by atoms with Crippen molar-refractivity contribution >= 4 is 57.7 Å². The molecule has 15 heteroatoms. The SMILES string of the molecule is CCOC(=O)c1c(-c2ccc(F)cc2)oc2cc(N)c(-c3ccccc3)cc12.CCOC(=O)c1c(-c2ccc(F)cc2)oc2cc([N+](=O)[O-])c(-c3ccccc3)cc12.Cl.N.[Fe]. The number of hydrogen-bond acceptors (Lipinski definition) is 10. The molecule has 0 atom stereocenters. The molecule has 0 aliphatic carbocycles.